The van der Waals surface area contributed by atoms with Gasteiger partial charge in [-0.2, -0.15) is 0 Å². The second-order valence-corrected chi connectivity index (χ2v) is 11.4. The zero-order valence-corrected chi connectivity index (χ0v) is 13.1. The third kappa shape index (κ3) is 3.53. The Bertz CT molecular complexity index is 248. The smallest absolute Gasteiger partial charge is 0.192 e. The van der Waals surface area contributed by atoms with Crippen molar-refractivity contribution in [2.75, 3.05) is 7.11 Å². The predicted octanol–water partition coefficient (Wildman–Crippen LogP) is 2.94. The monoisotopic (exact) mass is 260 g/mol. The van der Waals surface area contributed by atoms with Crippen molar-refractivity contribution in [3.05, 3.63) is 0 Å². The second-order valence-electron chi connectivity index (χ2n) is 6.62. The van der Waals surface area contributed by atoms with E-state index in [4.69, 9.17) is 9.16 Å². The van der Waals surface area contributed by atoms with Crippen LogP contribution in [0, 0.1) is 0 Å². The molecule has 1 aliphatic carbocycles. The van der Waals surface area contributed by atoms with Crippen LogP contribution in [0.4, 0.5) is 0 Å². The summed E-state index contributed by atoms with van der Waals surface area (Å²) < 4.78 is 11.8. The highest BCUT2D eigenvalue weighted by Gasteiger charge is 2.43. The molecule has 0 amide bonds. The summed E-state index contributed by atoms with van der Waals surface area (Å²) in [7, 11) is -0.119. The van der Waals surface area contributed by atoms with Crippen molar-refractivity contribution in [1.29, 1.82) is 0 Å². The van der Waals surface area contributed by atoms with Gasteiger partial charge in [0.05, 0.1) is 18.3 Å². The van der Waals surface area contributed by atoms with Crippen molar-refractivity contribution < 1.29 is 14.3 Å². The molecule has 0 heterocycles. The lowest BCUT2D eigenvalue weighted by Crippen LogP contribution is -2.53. The maximum Gasteiger partial charge on any atom is 0.192 e. The maximum atomic E-state index is 10.1. The largest absolute Gasteiger partial charge is 0.409 e. The molecular formula is C13H28O3Si. The molecule has 1 rings (SSSR count). The van der Waals surface area contributed by atoms with Gasteiger partial charge in [-0.05, 0) is 37.4 Å². The van der Waals surface area contributed by atoms with E-state index in [2.05, 4.69) is 33.9 Å². The fourth-order valence-electron chi connectivity index (χ4n) is 2.03. The first-order valence-corrected chi connectivity index (χ1v) is 9.48. The summed E-state index contributed by atoms with van der Waals surface area (Å²) in [6.45, 7) is 11.1. The van der Waals surface area contributed by atoms with Crippen LogP contribution >= 0.6 is 0 Å². The van der Waals surface area contributed by atoms with Crippen LogP contribution in [0.25, 0.3) is 0 Å². The molecule has 0 aromatic rings. The summed E-state index contributed by atoms with van der Waals surface area (Å²) in [5, 5.41) is 10.3. The zero-order valence-electron chi connectivity index (χ0n) is 12.1. The van der Waals surface area contributed by atoms with Gasteiger partial charge in [0.25, 0.3) is 0 Å². The van der Waals surface area contributed by atoms with Gasteiger partial charge in [-0.25, -0.2) is 0 Å². The van der Waals surface area contributed by atoms with Crippen molar-refractivity contribution in [2.45, 2.75) is 76.5 Å². The molecule has 0 radical (unpaired) electrons. The average molecular weight is 260 g/mol. The Morgan fingerprint density at radius 2 is 1.76 bits per heavy atom. The SMILES string of the molecule is COC1CCCC(O)C1O[Si](C)(C)C(C)(C)C. The minimum atomic E-state index is -1.83. The van der Waals surface area contributed by atoms with E-state index in [0.29, 0.717) is 0 Å². The summed E-state index contributed by atoms with van der Waals surface area (Å²) in [4.78, 5) is 0. The molecule has 102 valence electrons. The summed E-state index contributed by atoms with van der Waals surface area (Å²) in [6, 6.07) is 0. The summed E-state index contributed by atoms with van der Waals surface area (Å²) >= 11 is 0. The molecule has 4 heteroatoms. The Hall–Kier alpha value is 0.0969. The minimum absolute atomic E-state index is 0.0490. The molecule has 0 aliphatic heterocycles. The minimum Gasteiger partial charge on any atom is -0.409 e. The first-order chi connectivity index (χ1) is 7.69. The van der Waals surface area contributed by atoms with Gasteiger partial charge in [-0.3, -0.25) is 0 Å². The number of ether oxygens (including phenoxy) is 1. The Kier molecular flexibility index (Phi) is 4.80. The van der Waals surface area contributed by atoms with Crippen LogP contribution in [-0.2, 0) is 9.16 Å². The van der Waals surface area contributed by atoms with Crippen LogP contribution in [0.1, 0.15) is 40.0 Å². The Morgan fingerprint density at radius 3 is 2.24 bits per heavy atom. The van der Waals surface area contributed by atoms with Gasteiger partial charge in [-0.15, -0.1) is 0 Å². The number of methoxy groups -OCH3 is 1. The van der Waals surface area contributed by atoms with Crippen LogP contribution in [0.5, 0.6) is 0 Å². The zero-order chi connectivity index (χ0) is 13.3. The molecule has 1 saturated carbocycles. The molecule has 3 atom stereocenters. The average Bonchev–Trinajstić information content (AvgIpc) is 2.19. The maximum absolute atomic E-state index is 10.1. The Labute approximate surface area is 107 Å². The topological polar surface area (TPSA) is 38.7 Å². The van der Waals surface area contributed by atoms with E-state index in [0.717, 1.165) is 19.3 Å². The number of hydrogen-bond acceptors (Lipinski definition) is 3. The number of hydrogen-bond donors (Lipinski definition) is 1. The van der Waals surface area contributed by atoms with E-state index < -0.39 is 8.32 Å². The van der Waals surface area contributed by atoms with Gasteiger partial charge in [0.15, 0.2) is 8.32 Å². The number of aliphatic hydroxyl groups is 1. The molecule has 1 fully saturated rings. The van der Waals surface area contributed by atoms with Gasteiger partial charge in [0.2, 0.25) is 0 Å². The highest BCUT2D eigenvalue weighted by atomic mass is 28.4. The second kappa shape index (κ2) is 5.39. The van der Waals surface area contributed by atoms with Crippen molar-refractivity contribution in [3.8, 4) is 0 Å². The lowest BCUT2D eigenvalue weighted by atomic mass is 9.92. The standard InChI is InChI=1S/C13H28O3Si/c1-13(2,3)17(5,6)16-12-10(14)8-7-9-11(12)15-4/h10-12,14H,7-9H2,1-6H3. The van der Waals surface area contributed by atoms with Crippen LogP contribution in [0.15, 0.2) is 0 Å². The van der Waals surface area contributed by atoms with Gasteiger partial charge < -0.3 is 14.3 Å². The van der Waals surface area contributed by atoms with Crippen LogP contribution < -0.4 is 0 Å². The highest BCUT2D eigenvalue weighted by molar-refractivity contribution is 6.74. The molecular weight excluding hydrogens is 232 g/mol. The fourth-order valence-corrected chi connectivity index (χ4v) is 3.37. The molecule has 0 aromatic carbocycles. The van der Waals surface area contributed by atoms with Crippen molar-refractivity contribution >= 4 is 8.32 Å². The molecule has 1 aliphatic rings. The van der Waals surface area contributed by atoms with Gasteiger partial charge in [0, 0.05) is 7.11 Å². The molecule has 3 nitrogen and oxygen atoms in total. The third-order valence-corrected chi connectivity index (χ3v) is 8.75. The van der Waals surface area contributed by atoms with Crippen LogP contribution in [0.3, 0.4) is 0 Å². The van der Waals surface area contributed by atoms with Crippen LogP contribution in [0.2, 0.25) is 18.1 Å². The third-order valence-electron chi connectivity index (χ3n) is 4.27. The summed E-state index contributed by atoms with van der Waals surface area (Å²) in [6.07, 6.45) is 2.38. The fraction of sp³-hybridized carbons (Fsp3) is 1.00. The molecule has 0 spiro atoms. The molecule has 0 saturated heterocycles. The quantitative estimate of drug-likeness (QED) is 0.793. The van der Waals surface area contributed by atoms with E-state index in [1.165, 1.54) is 0 Å². The molecule has 3 unspecified atom stereocenters. The van der Waals surface area contributed by atoms with E-state index in [1.54, 1.807) is 7.11 Å². The molecule has 0 aromatic heterocycles. The molecule has 1 N–H and O–H groups in total. The molecule has 0 bridgehead atoms. The van der Waals surface area contributed by atoms with E-state index >= 15 is 0 Å². The Balaban J connectivity index is 2.76. The molecule has 17 heavy (non-hydrogen) atoms. The summed E-state index contributed by atoms with van der Waals surface area (Å²) in [5.41, 5.74) is 0. The van der Waals surface area contributed by atoms with Crippen molar-refractivity contribution in [3.63, 3.8) is 0 Å². The Morgan fingerprint density at radius 1 is 1.18 bits per heavy atom. The predicted molar refractivity (Wildman–Crippen MR) is 72.7 cm³/mol. The summed E-state index contributed by atoms with van der Waals surface area (Å²) in [5.74, 6) is 0. The lowest BCUT2D eigenvalue weighted by Gasteiger charge is -2.44. The first kappa shape index (κ1) is 15.2. The van der Waals surface area contributed by atoms with Crippen molar-refractivity contribution in [2.24, 2.45) is 0 Å². The van der Waals surface area contributed by atoms with Gasteiger partial charge >= 0.3 is 0 Å². The van der Waals surface area contributed by atoms with Gasteiger partial charge in [0.1, 0.15) is 0 Å². The van der Waals surface area contributed by atoms with Crippen molar-refractivity contribution in [1.82, 2.24) is 0 Å². The van der Waals surface area contributed by atoms with E-state index in [1.807, 2.05) is 0 Å². The highest BCUT2D eigenvalue weighted by Crippen LogP contribution is 2.39. The van der Waals surface area contributed by atoms with E-state index in [9.17, 15) is 5.11 Å². The number of rotatable bonds is 3. The lowest BCUT2D eigenvalue weighted by molar-refractivity contribution is -0.0923. The number of aliphatic hydroxyl groups excluding tert-OH is 1. The first-order valence-electron chi connectivity index (χ1n) is 6.58. The normalized spacial score (nSPS) is 31.6. The van der Waals surface area contributed by atoms with Crippen LogP contribution in [-0.4, -0.2) is 38.8 Å². The van der Waals surface area contributed by atoms with E-state index in [-0.39, 0.29) is 23.4 Å². The van der Waals surface area contributed by atoms with Gasteiger partial charge in [-0.1, -0.05) is 20.8 Å².